The Hall–Kier alpha value is -1.13. The third-order valence-corrected chi connectivity index (χ3v) is 2.55. The fourth-order valence-electron chi connectivity index (χ4n) is 1.44. The molecule has 4 heteroatoms. The van der Waals surface area contributed by atoms with E-state index in [0.29, 0.717) is 6.54 Å². The highest BCUT2D eigenvalue weighted by Gasteiger charge is 2.02. The first-order chi connectivity index (χ1) is 7.59. The second-order valence-corrected chi connectivity index (χ2v) is 4.17. The molecule has 0 aliphatic rings. The summed E-state index contributed by atoms with van der Waals surface area (Å²) >= 11 is 0. The highest BCUT2D eigenvalue weighted by Crippen LogP contribution is 1.93. The predicted molar refractivity (Wildman–Crippen MR) is 64.5 cm³/mol. The summed E-state index contributed by atoms with van der Waals surface area (Å²) in [5.74, 6) is 0. The van der Waals surface area contributed by atoms with E-state index in [9.17, 15) is 4.79 Å². The molecule has 0 aliphatic carbocycles. The van der Waals surface area contributed by atoms with Crippen molar-refractivity contribution in [3.8, 4) is 0 Å². The van der Waals surface area contributed by atoms with Crippen molar-refractivity contribution in [2.75, 3.05) is 20.1 Å². The van der Waals surface area contributed by atoms with Gasteiger partial charge in [0.1, 0.15) is 0 Å². The average molecular weight is 224 g/mol. The van der Waals surface area contributed by atoms with E-state index in [2.05, 4.69) is 4.90 Å². The topological polar surface area (TPSA) is 45.5 Å². The van der Waals surface area contributed by atoms with Gasteiger partial charge in [0.05, 0.1) is 6.10 Å². The minimum absolute atomic E-state index is 0.0337. The Morgan fingerprint density at radius 3 is 2.81 bits per heavy atom. The second kappa shape index (κ2) is 6.45. The quantitative estimate of drug-likeness (QED) is 0.767. The number of nitrogens with zero attached hydrogens (tertiary/aromatic N) is 2. The molecule has 1 atom stereocenters. The van der Waals surface area contributed by atoms with Crippen LogP contribution in [0.4, 0.5) is 0 Å². The SMILES string of the molecule is CC(O)CCN(C)CCn1ccccc1=O. The van der Waals surface area contributed by atoms with Crippen molar-refractivity contribution in [3.63, 3.8) is 0 Å². The molecule has 0 aromatic carbocycles. The number of aliphatic hydroxyl groups is 1. The Labute approximate surface area is 96.1 Å². The van der Waals surface area contributed by atoms with Gasteiger partial charge in [-0.1, -0.05) is 6.07 Å². The third-order valence-electron chi connectivity index (χ3n) is 2.55. The Morgan fingerprint density at radius 1 is 1.44 bits per heavy atom. The van der Waals surface area contributed by atoms with Gasteiger partial charge in [-0.25, -0.2) is 0 Å². The smallest absolute Gasteiger partial charge is 0.250 e. The van der Waals surface area contributed by atoms with E-state index in [1.165, 1.54) is 0 Å². The molecule has 0 spiro atoms. The molecule has 0 bridgehead atoms. The summed E-state index contributed by atoms with van der Waals surface area (Å²) in [5.41, 5.74) is 0.0337. The fraction of sp³-hybridized carbons (Fsp3) is 0.583. The van der Waals surface area contributed by atoms with Crippen molar-refractivity contribution in [1.82, 2.24) is 9.47 Å². The number of aromatic nitrogens is 1. The van der Waals surface area contributed by atoms with Crippen molar-refractivity contribution in [2.24, 2.45) is 0 Å². The van der Waals surface area contributed by atoms with E-state index < -0.39 is 0 Å². The van der Waals surface area contributed by atoms with Gasteiger partial charge < -0.3 is 14.6 Å². The predicted octanol–water partition coefficient (Wildman–Crippen LogP) is 0.551. The highest BCUT2D eigenvalue weighted by molar-refractivity contribution is 4.93. The number of aliphatic hydroxyl groups excluding tert-OH is 1. The summed E-state index contributed by atoms with van der Waals surface area (Å²) in [5, 5.41) is 9.15. The molecule has 0 aliphatic heterocycles. The first kappa shape index (κ1) is 12.9. The largest absolute Gasteiger partial charge is 0.393 e. The van der Waals surface area contributed by atoms with Crippen LogP contribution in [0.5, 0.6) is 0 Å². The van der Waals surface area contributed by atoms with Crippen LogP contribution in [0.15, 0.2) is 29.2 Å². The molecule has 4 nitrogen and oxygen atoms in total. The average Bonchev–Trinajstić information content (AvgIpc) is 2.25. The molecule has 1 unspecified atom stereocenters. The van der Waals surface area contributed by atoms with Gasteiger partial charge in [0, 0.05) is 31.9 Å². The van der Waals surface area contributed by atoms with Gasteiger partial charge in [-0.05, 0) is 26.5 Å². The molecule has 0 fully saturated rings. The summed E-state index contributed by atoms with van der Waals surface area (Å²) in [6.45, 7) is 4.14. The lowest BCUT2D eigenvalue weighted by molar-refractivity contribution is 0.163. The van der Waals surface area contributed by atoms with Crippen LogP contribution in [0.1, 0.15) is 13.3 Å². The molecule has 0 saturated carbocycles. The van der Waals surface area contributed by atoms with Gasteiger partial charge in [0.15, 0.2) is 0 Å². The third kappa shape index (κ3) is 4.59. The van der Waals surface area contributed by atoms with Crippen LogP contribution in [-0.2, 0) is 6.54 Å². The maximum absolute atomic E-state index is 11.4. The highest BCUT2D eigenvalue weighted by atomic mass is 16.3. The fourth-order valence-corrected chi connectivity index (χ4v) is 1.44. The Balaban J connectivity index is 2.34. The van der Waals surface area contributed by atoms with Crippen LogP contribution in [-0.4, -0.2) is 40.8 Å². The molecule has 1 aromatic heterocycles. The van der Waals surface area contributed by atoms with Crippen molar-refractivity contribution >= 4 is 0 Å². The summed E-state index contributed by atoms with van der Waals surface area (Å²) in [4.78, 5) is 13.5. The van der Waals surface area contributed by atoms with E-state index in [4.69, 9.17) is 5.11 Å². The summed E-state index contributed by atoms with van der Waals surface area (Å²) in [7, 11) is 2.00. The van der Waals surface area contributed by atoms with Gasteiger partial charge in [-0.3, -0.25) is 4.79 Å². The molecule has 1 N–H and O–H groups in total. The number of hydrogen-bond acceptors (Lipinski definition) is 3. The zero-order valence-electron chi connectivity index (χ0n) is 9.97. The Morgan fingerprint density at radius 2 is 2.19 bits per heavy atom. The summed E-state index contributed by atoms with van der Waals surface area (Å²) in [6.07, 6.45) is 2.30. The van der Waals surface area contributed by atoms with Gasteiger partial charge in [-0.15, -0.1) is 0 Å². The molecule has 90 valence electrons. The molecule has 16 heavy (non-hydrogen) atoms. The molecule has 0 amide bonds. The van der Waals surface area contributed by atoms with E-state index >= 15 is 0 Å². The minimum atomic E-state index is -0.262. The van der Waals surface area contributed by atoms with Crippen LogP contribution in [0.25, 0.3) is 0 Å². The lowest BCUT2D eigenvalue weighted by Crippen LogP contribution is -2.29. The monoisotopic (exact) mass is 224 g/mol. The maximum Gasteiger partial charge on any atom is 0.250 e. The summed E-state index contributed by atoms with van der Waals surface area (Å²) < 4.78 is 1.69. The van der Waals surface area contributed by atoms with Gasteiger partial charge >= 0.3 is 0 Å². The van der Waals surface area contributed by atoms with Crippen LogP contribution in [0.3, 0.4) is 0 Å². The van der Waals surface area contributed by atoms with Crippen LogP contribution in [0, 0.1) is 0 Å². The van der Waals surface area contributed by atoms with Gasteiger partial charge in [-0.2, -0.15) is 0 Å². The normalized spacial score (nSPS) is 13.0. The van der Waals surface area contributed by atoms with Gasteiger partial charge in [0.2, 0.25) is 0 Å². The molecule has 0 radical (unpaired) electrons. The Kier molecular flexibility index (Phi) is 5.22. The maximum atomic E-state index is 11.4. The molecule has 1 heterocycles. The first-order valence-electron chi connectivity index (χ1n) is 5.61. The molecule has 1 rings (SSSR count). The Bertz CT molecular complexity index is 360. The van der Waals surface area contributed by atoms with Crippen LogP contribution >= 0.6 is 0 Å². The first-order valence-corrected chi connectivity index (χ1v) is 5.61. The van der Waals surface area contributed by atoms with Crippen molar-refractivity contribution < 1.29 is 5.11 Å². The van der Waals surface area contributed by atoms with E-state index in [0.717, 1.165) is 19.5 Å². The van der Waals surface area contributed by atoms with Gasteiger partial charge in [0.25, 0.3) is 5.56 Å². The number of rotatable bonds is 6. The zero-order valence-corrected chi connectivity index (χ0v) is 9.97. The standard InChI is InChI=1S/C12H20N2O2/c1-11(15)6-8-13(2)9-10-14-7-4-3-5-12(14)16/h3-5,7,11,15H,6,8-10H2,1-2H3. The van der Waals surface area contributed by atoms with Crippen molar-refractivity contribution in [1.29, 1.82) is 0 Å². The lowest BCUT2D eigenvalue weighted by Gasteiger charge is -2.17. The molecule has 0 saturated heterocycles. The number of pyridine rings is 1. The van der Waals surface area contributed by atoms with Crippen LogP contribution in [0.2, 0.25) is 0 Å². The minimum Gasteiger partial charge on any atom is -0.393 e. The van der Waals surface area contributed by atoms with E-state index in [-0.39, 0.29) is 11.7 Å². The zero-order chi connectivity index (χ0) is 12.0. The van der Waals surface area contributed by atoms with Crippen LogP contribution < -0.4 is 5.56 Å². The van der Waals surface area contributed by atoms with E-state index in [1.807, 2.05) is 13.1 Å². The second-order valence-electron chi connectivity index (χ2n) is 4.17. The lowest BCUT2D eigenvalue weighted by atomic mass is 10.3. The number of hydrogen-bond donors (Lipinski definition) is 1. The molecular formula is C12H20N2O2. The molecule has 1 aromatic rings. The van der Waals surface area contributed by atoms with E-state index in [1.54, 1.807) is 29.8 Å². The number of likely N-dealkylation sites (N-methyl/N-ethyl adjacent to an activating group) is 1. The van der Waals surface area contributed by atoms with Crippen molar-refractivity contribution in [3.05, 3.63) is 34.7 Å². The molecular weight excluding hydrogens is 204 g/mol. The van der Waals surface area contributed by atoms with Crippen molar-refractivity contribution in [2.45, 2.75) is 26.0 Å². The summed E-state index contributed by atoms with van der Waals surface area (Å²) in [6, 6.07) is 5.17.